The first kappa shape index (κ1) is 21.6. The van der Waals surface area contributed by atoms with Crippen LogP contribution in [0.15, 0.2) is 64.5 Å². The van der Waals surface area contributed by atoms with E-state index in [1.54, 1.807) is 35.6 Å². The van der Waals surface area contributed by atoms with Crippen LogP contribution in [0.1, 0.15) is 18.4 Å². The molecule has 8 heteroatoms. The Morgan fingerprint density at radius 2 is 1.72 bits per heavy atom. The number of aliphatic imine (C=N–C) groups is 1. The minimum absolute atomic E-state index is 0.362. The third-order valence-corrected chi connectivity index (χ3v) is 7.42. The molecule has 3 rings (SSSR count). The molecule has 2 aromatic carbocycles. The van der Waals surface area contributed by atoms with Gasteiger partial charge >= 0.3 is 0 Å². The second kappa shape index (κ2) is 10.1. The Bertz CT molecular complexity index is 927. The standard InChI is InChI=1S/C21H27ClN4O2S/c1-23-21(25-16-18-7-5-6-10-20(18)22)24-15-17-11-13-26(14-12-17)29(27,28)19-8-3-2-4-9-19/h2-10,17H,11-16H2,1H3,(H2,23,24,25). The Balaban J connectivity index is 1.46. The number of rotatable bonds is 6. The molecule has 6 nitrogen and oxygen atoms in total. The molecule has 0 saturated carbocycles. The first-order chi connectivity index (χ1) is 14.0. The fourth-order valence-corrected chi connectivity index (χ4v) is 5.07. The van der Waals surface area contributed by atoms with Gasteiger partial charge in [0.2, 0.25) is 10.0 Å². The molecular formula is C21H27ClN4O2S. The van der Waals surface area contributed by atoms with Crippen LogP contribution in [-0.4, -0.2) is 45.4 Å². The monoisotopic (exact) mass is 434 g/mol. The third-order valence-electron chi connectivity index (χ3n) is 5.14. The molecule has 1 fully saturated rings. The molecule has 1 saturated heterocycles. The average molecular weight is 435 g/mol. The van der Waals surface area contributed by atoms with E-state index in [2.05, 4.69) is 15.6 Å². The highest BCUT2D eigenvalue weighted by Crippen LogP contribution is 2.23. The molecular weight excluding hydrogens is 408 g/mol. The maximum Gasteiger partial charge on any atom is 0.243 e. The van der Waals surface area contributed by atoms with Crippen molar-refractivity contribution in [2.45, 2.75) is 24.3 Å². The van der Waals surface area contributed by atoms with Crippen molar-refractivity contribution in [3.8, 4) is 0 Å². The molecule has 0 aromatic heterocycles. The van der Waals surface area contributed by atoms with Crippen molar-refractivity contribution in [3.63, 3.8) is 0 Å². The van der Waals surface area contributed by atoms with Crippen molar-refractivity contribution in [3.05, 3.63) is 65.2 Å². The predicted octanol–water partition coefficient (Wildman–Crippen LogP) is 3.11. The van der Waals surface area contributed by atoms with Gasteiger partial charge < -0.3 is 10.6 Å². The predicted molar refractivity (Wildman–Crippen MR) is 118 cm³/mol. The minimum Gasteiger partial charge on any atom is -0.356 e. The molecule has 0 unspecified atom stereocenters. The summed E-state index contributed by atoms with van der Waals surface area (Å²) >= 11 is 6.19. The second-order valence-corrected chi connectivity index (χ2v) is 9.40. The summed E-state index contributed by atoms with van der Waals surface area (Å²) in [4.78, 5) is 4.62. The largest absolute Gasteiger partial charge is 0.356 e. The topological polar surface area (TPSA) is 73.8 Å². The normalized spacial score (nSPS) is 16.6. The van der Waals surface area contributed by atoms with Crippen LogP contribution >= 0.6 is 11.6 Å². The molecule has 0 bridgehead atoms. The summed E-state index contributed by atoms with van der Waals surface area (Å²) < 4.78 is 27.0. The van der Waals surface area contributed by atoms with Gasteiger partial charge in [0.15, 0.2) is 5.96 Å². The molecule has 29 heavy (non-hydrogen) atoms. The summed E-state index contributed by atoms with van der Waals surface area (Å²) in [6.45, 7) is 2.42. The summed E-state index contributed by atoms with van der Waals surface area (Å²) in [5.74, 6) is 1.11. The van der Waals surface area contributed by atoms with Crippen LogP contribution in [0.2, 0.25) is 5.02 Å². The van der Waals surface area contributed by atoms with Gasteiger partial charge in [-0.2, -0.15) is 4.31 Å². The van der Waals surface area contributed by atoms with Gasteiger partial charge in [-0.1, -0.05) is 48.0 Å². The number of piperidine rings is 1. The molecule has 1 aliphatic heterocycles. The summed E-state index contributed by atoms with van der Waals surface area (Å²) in [6, 6.07) is 16.3. The molecule has 2 aromatic rings. The van der Waals surface area contributed by atoms with Crippen molar-refractivity contribution in [2.75, 3.05) is 26.7 Å². The molecule has 0 radical (unpaired) electrons. The summed E-state index contributed by atoms with van der Waals surface area (Å²) in [5.41, 5.74) is 1.01. The van der Waals surface area contributed by atoms with E-state index in [-0.39, 0.29) is 0 Å². The van der Waals surface area contributed by atoms with Crippen molar-refractivity contribution < 1.29 is 8.42 Å². The molecule has 2 N–H and O–H groups in total. The lowest BCUT2D eigenvalue weighted by Crippen LogP contribution is -2.44. The van der Waals surface area contributed by atoms with Crippen LogP contribution in [0.4, 0.5) is 0 Å². The molecule has 1 aliphatic rings. The van der Waals surface area contributed by atoms with E-state index in [0.29, 0.717) is 36.4 Å². The van der Waals surface area contributed by atoms with Gasteiger partial charge in [0.1, 0.15) is 0 Å². The highest BCUT2D eigenvalue weighted by molar-refractivity contribution is 7.89. The summed E-state index contributed by atoms with van der Waals surface area (Å²) in [5, 5.41) is 7.34. The van der Waals surface area contributed by atoms with Gasteiger partial charge in [-0.3, -0.25) is 4.99 Å². The van der Waals surface area contributed by atoms with Gasteiger partial charge in [-0.15, -0.1) is 0 Å². The molecule has 0 spiro atoms. The SMILES string of the molecule is CN=C(NCc1ccccc1Cl)NCC1CCN(S(=O)(=O)c2ccccc2)CC1. The maximum atomic E-state index is 12.7. The quantitative estimate of drug-likeness (QED) is 0.541. The molecule has 0 aliphatic carbocycles. The molecule has 1 heterocycles. The zero-order valence-corrected chi connectivity index (χ0v) is 18.1. The minimum atomic E-state index is -3.40. The van der Waals surface area contributed by atoms with E-state index < -0.39 is 10.0 Å². The first-order valence-electron chi connectivity index (χ1n) is 9.74. The van der Waals surface area contributed by atoms with Crippen LogP contribution in [0.5, 0.6) is 0 Å². The number of guanidine groups is 1. The smallest absolute Gasteiger partial charge is 0.243 e. The fraction of sp³-hybridized carbons (Fsp3) is 0.381. The molecule has 156 valence electrons. The zero-order chi connectivity index (χ0) is 20.7. The van der Waals surface area contributed by atoms with E-state index in [9.17, 15) is 8.42 Å². The highest BCUT2D eigenvalue weighted by atomic mass is 35.5. The Morgan fingerprint density at radius 1 is 1.07 bits per heavy atom. The summed E-state index contributed by atoms with van der Waals surface area (Å²) in [6.07, 6.45) is 1.64. The number of hydrogen-bond acceptors (Lipinski definition) is 3. The lowest BCUT2D eigenvalue weighted by molar-refractivity contribution is 0.273. The number of nitrogens with one attached hydrogen (secondary N) is 2. The average Bonchev–Trinajstić information content (AvgIpc) is 2.76. The first-order valence-corrected chi connectivity index (χ1v) is 11.6. The van der Waals surface area contributed by atoms with Gasteiger partial charge in [-0.05, 0) is 42.5 Å². The van der Waals surface area contributed by atoms with Crippen LogP contribution in [0.3, 0.4) is 0 Å². The van der Waals surface area contributed by atoms with Crippen molar-refractivity contribution >= 4 is 27.6 Å². The fourth-order valence-electron chi connectivity index (χ4n) is 3.38. The Labute approximate surface area is 178 Å². The number of halogens is 1. The Hall–Kier alpha value is -2.09. The van der Waals surface area contributed by atoms with Crippen LogP contribution in [0.25, 0.3) is 0 Å². The lowest BCUT2D eigenvalue weighted by Gasteiger charge is -2.31. The number of benzene rings is 2. The van der Waals surface area contributed by atoms with Gasteiger partial charge in [0, 0.05) is 38.2 Å². The second-order valence-electron chi connectivity index (χ2n) is 7.06. The molecule has 0 amide bonds. The Morgan fingerprint density at radius 3 is 2.38 bits per heavy atom. The van der Waals surface area contributed by atoms with E-state index in [0.717, 1.165) is 30.0 Å². The summed E-state index contributed by atoms with van der Waals surface area (Å²) in [7, 11) is -1.67. The van der Waals surface area contributed by atoms with Crippen LogP contribution in [-0.2, 0) is 16.6 Å². The van der Waals surface area contributed by atoms with E-state index >= 15 is 0 Å². The lowest BCUT2D eigenvalue weighted by atomic mass is 9.98. The number of hydrogen-bond donors (Lipinski definition) is 2. The zero-order valence-electron chi connectivity index (χ0n) is 16.5. The van der Waals surface area contributed by atoms with E-state index in [1.807, 2.05) is 30.3 Å². The third kappa shape index (κ3) is 5.72. The van der Waals surface area contributed by atoms with Crippen molar-refractivity contribution in [2.24, 2.45) is 10.9 Å². The van der Waals surface area contributed by atoms with E-state index in [4.69, 9.17) is 11.6 Å². The van der Waals surface area contributed by atoms with Gasteiger partial charge in [0.25, 0.3) is 0 Å². The van der Waals surface area contributed by atoms with E-state index in [1.165, 1.54) is 0 Å². The number of nitrogens with zero attached hydrogens (tertiary/aromatic N) is 2. The van der Waals surface area contributed by atoms with Crippen molar-refractivity contribution in [1.29, 1.82) is 0 Å². The molecule has 0 atom stereocenters. The Kier molecular flexibility index (Phi) is 7.52. The number of sulfonamides is 1. The van der Waals surface area contributed by atoms with Gasteiger partial charge in [0.05, 0.1) is 4.90 Å². The van der Waals surface area contributed by atoms with Crippen molar-refractivity contribution in [1.82, 2.24) is 14.9 Å². The van der Waals surface area contributed by atoms with Crippen LogP contribution in [0, 0.1) is 5.92 Å². The van der Waals surface area contributed by atoms with Crippen LogP contribution < -0.4 is 10.6 Å². The van der Waals surface area contributed by atoms with Gasteiger partial charge in [-0.25, -0.2) is 8.42 Å². The maximum absolute atomic E-state index is 12.7. The highest BCUT2D eigenvalue weighted by Gasteiger charge is 2.29.